The molecule has 0 saturated carbocycles. The van der Waals surface area contributed by atoms with Crippen LogP contribution in [-0.4, -0.2) is 11.9 Å². The van der Waals surface area contributed by atoms with Crippen molar-refractivity contribution < 1.29 is 9.36 Å². The SMILES string of the molecule is CC(=O)N1c2ccc(C)cc2CC(C[n+]2c(C)ccc(C#N)c2N)C1C. The van der Waals surface area contributed by atoms with Crippen molar-refractivity contribution in [2.75, 3.05) is 10.6 Å². The topological polar surface area (TPSA) is 74.0 Å². The molecule has 1 aliphatic rings. The molecule has 134 valence electrons. The van der Waals surface area contributed by atoms with E-state index < -0.39 is 0 Å². The highest BCUT2D eigenvalue weighted by molar-refractivity contribution is 5.93. The van der Waals surface area contributed by atoms with Crippen molar-refractivity contribution in [2.45, 2.75) is 46.7 Å². The minimum absolute atomic E-state index is 0.0489. The van der Waals surface area contributed by atoms with Crippen LogP contribution in [0.3, 0.4) is 0 Å². The lowest BCUT2D eigenvalue weighted by Gasteiger charge is -2.40. The van der Waals surface area contributed by atoms with E-state index in [-0.39, 0.29) is 17.9 Å². The Morgan fingerprint density at radius 1 is 1.35 bits per heavy atom. The van der Waals surface area contributed by atoms with Crippen LogP contribution in [0, 0.1) is 31.1 Å². The molecule has 1 aliphatic heterocycles. The van der Waals surface area contributed by atoms with Gasteiger partial charge >= 0.3 is 0 Å². The number of nitriles is 1. The van der Waals surface area contributed by atoms with E-state index in [0.29, 0.717) is 17.9 Å². The Labute approximate surface area is 154 Å². The summed E-state index contributed by atoms with van der Waals surface area (Å²) in [5, 5.41) is 9.27. The number of hydrogen-bond acceptors (Lipinski definition) is 3. The van der Waals surface area contributed by atoms with E-state index in [9.17, 15) is 10.1 Å². The Bertz CT molecular complexity index is 913. The van der Waals surface area contributed by atoms with Gasteiger partial charge in [0.1, 0.15) is 17.3 Å². The molecule has 2 heterocycles. The number of amides is 1. The number of nitrogen functional groups attached to an aromatic ring is 1. The Morgan fingerprint density at radius 2 is 2.08 bits per heavy atom. The Kier molecular flexibility index (Phi) is 4.69. The molecule has 0 saturated heterocycles. The number of rotatable bonds is 2. The molecule has 0 spiro atoms. The number of anilines is 2. The third-order valence-corrected chi connectivity index (χ3v) is 5.43. The monoisotopic (exact) mass is 349 g/mol. The molecule has 2 aromatic rings. The molecule has 3 rings (SSSR count). The van der Waals surface area contributed by atoms with Crippen LogP contribution in [0.5, 0.6) is 0 Å². The summed E-state index contributed by atoms with van der Waals surface area (Å²) in [6.07, 6.45) is 0.880. The van der Waals surface area contributed by atoms with Crippen molar-refractivity contribution in [1.82, 2.24) is 0 Å². The van der Waals surface area contributed by atoms with Crippen molar-refractivity contribution in [3.8, 4) is 6.07 Å². The van der Waals surface area contributed by atoms with Crippen LogP contribution in [0.2, 0.25) is 0 Å². The zero-order valence-corrected chi connectivity index (χ0v) is 15.8. The first-order valence-electron chi connectivity index (χ1n) is 8.91. The van der Waals surface area contributed by atoms with Gasteiger partial charge in [-0.05, 0) is 51.0 Å². The van der Waals surface area contributed by atoms with Crippen LogP contribution >= 0.6 is 0 Å². The average Bonchev–Trinajstić information content (AvgIpc) is 2.59. The minimum atomic E-state index is 0.0489. The van der Waals surface area contributed by atoms with Crippen molar-refractivity contribution in [1.29, 1.82) is 5.26 Å². The first-order valence-corrected chi connectivity index (χ1v) is 8.91. The average molecular weight is 349 g/mol. The molecule has 0 radical (unpaired) electrons. The third-order valence-electron chi connectivity index (χ3n) is 5.43. The van der Waals surface area contributed by atoms with E-state index in [1.165, 1.54) is 11.1 Å². The van der Waals surface area contributed by atoms with Gasteiger partial charge in [-0.25, -0.2) is 4.57 Å². The van der Waals surface area contributed by atoms with Crippen LogP contribution < -0.4 is 15.2 Å². The second kappa shape index (κ2) is 6.80. The molecule has 26 heavy (non-hydrogen) atoms. The number of fused-ring (bicyclic) bond motifs is 1. The van der Waals surface area contributed by atoms with Crippen LogP contribution in [0.4, 0.5) is 11.5 Å². The van der Waals surface area contributed by atoms with Crippen LogP contribution in [0.15, 0.2) is 30.3 Å². The first kappa shape index (κ1) is 17.9. The molecule has 0 fully saturated rings. The minimum Gasteiger partial charge on any atom is -0.309 e. The Morgan fingerprint density at radius 3 is 2.73 bits per heavy atom. The Hall–Kier alpha value is -2.87. The number of carbonyl (C=O) groups excluding carboxylic acids is 1. The van der Waals surface area contributed by atoms with Gasteiger partial charge in [0.25, 0.3) is 5.82 Å². The van der Waals surface area contributed by atoms with Crippen molar-refractivity contribution >= 4 is 17.4 Å². The molecular weight excluding hydrogens is 324 g/mol. The van der Waals surface area contributed by atoms with Gasteiger partial charge < -0.3 is 4.90 Å². The number of nitrogens with zero attached hydrogens (tertiary/aromatic N) is 3. The van der Waals surface area contributed by atoms with Crippen molar-refractivity contribution in [3.05, 3.63) is 52.7 Å². The van der Waals surface area contributed by atoms with Gasteiger partial charge in [0.2, 0.25) is 5.91 Å². The van der Waals surface area contributed by atoms with Gasteiger partial charge in [-0.1, -0.05) is 17.7 Å². The standard InChI is InChI=1S/C21H24N4O/c1-13-5-8-20-18(9-13)10-19(15(3)25(20)16(4)26)12-24-14(2)6-7-17(11-22)21(24)23/h5-9,15,19,23H,10,12H2,1-4H3/p+1. The molecule has 5 nitrogen and oxygen atoms in total. The highest BCUT2D eigenvalue weighted by Gasteiger charge is 2.35. The summed E-state index contributed by atoms with van der Waals surface area (Å²) in [5.41, 5.74) is 11.1. The fourth-order valence-electron chi connectivity index (χ4n) is 3.96. The van der Waals surface area contributed by atoms with Crippen molar-refractivity contribution in [3.63, 3.8) is 0 Å². The number of aryl methyl sites for hydroxylation is 2. The predicted molar refractivity (Wildman–Crippen MR) is 101 cm³/mol. The zero-order valence-electron chi connectivity index (χ0n) is 15.8. The quantitative estimate of drug-likeness (QED) is 0.847. The maximum Gasteiger partial charge on any atom is 0.290 e. The fraction of sp³-hybridized carbons (Fsp3) is 0.381. The van der Waals surface area contributed by atoms with Gasteiger partial charge in [-0.2, -0.15) is 5.26 Å². The fourth-order valence-corrected chi connectivity index (χ4v) is 3.96. The lowest BCUT2D eigenvalue weighted by Crippen LogP contribution is -2.53. The summed E-state index contributed by atoms with van der Waals surface area (Å²) in [6.45, 7) is 8.44. The van der Waals surface area contributed by atoms with E-state index in [1.807, 2.05) is 28.5 Å². The van der Waals surface area contributed by atoms with Gasteiger partial charge in [0, 0.05) is 24.6 Å². The summed E-state index contributed by atoms with van der Waals surface area (Å²) in [5.74, 6) is 0.755. The number of pyridine rings is 1. The van der Waals surface area contributed by atoms with E-state index in [0.717, 1.165) is 17.8 Å². The molecule has 1 amide bonds. The molecule has 0 aliphatic carbocycles. The molecule has 2 atom stereocenters. The lowest BCUT2D eigenvalue weighted by molar-refractivity contribution is -0.695. The molecule has 1 aromatic heterocycles. The largest absolute Gasteiger partial charge is 0.309 e. The van der Waals surface area contributed by atoms with E-state index in [2.05, 4.69) is 32.0 Å². The number of hydrogen-bond donors (Lipinski definition) is 1. The Balaban J connectivity index is 2.02. The first-order chi connectivity index (χ1) is 12.3. The predicted octanol–water partition coefficient (Wildman–Crippen LogP) is 2.66. The number of benzene rings is 1. The third kappa shape index (κ3) is 3.03. The summed E-state index contributed by atoms with van der Waals surface area (Å²) >= 11 is 0. The maximum absolute atomic E-state index is 12.3. The summed E-state index contributed by atoms with van der Waals surface area (Å²) < 4.78 is 2.00. The van der Waals surface area contributed by atoms with Crippen molar-refractivity contribution in [2.24, 2.45) is 5.92 Å². The van der Waals surface area contributed by atoms with E-state index >= 15 is 0 Å². The van der Waals surface area contributed by atoms with Gasteiger partial charge in [0.05, 0.1) is 6.54 Å². The molecule has 1 aromatic carbocycles. The summed E-state index contributed by atoms with van der Waals surface area (Å²) in [4.78, 5) is 14.2. The van der Waals surface area contributed by atoms with Gasteiger partial charge in [0.15, 0.2) is 0 Å². The smallest absolute Gasteiger partial charge is 0.290 e. The number of nitrogens with two attached hydrogens (primary N) is 1. The maximum atomic E-state index is 12.3. The van der Waals surface area contributed by atoms with Gasteiger partial charge in [-0.15, -0.1) is 0 Å². The highest BCUT2D eigenvalue weighted by atomic mass is 16.2. The normalized spacial score (nSPS) is 19.0. The lowest BCUT2D eigenvalue weighted by atomic mass is 9.85. The second-order valence-electron chi connectivity index (χ2n) is 7.22. The molecule has 5 heteroatoms. The zero-order chi connectivity index (χ0) is 19.0. The molecule has 2 unspecified atom stereocenters. The number of aromatic nitrogens is 1. The van der Waals surface area contributed by atoms with Crippen LogP contribution in [0.25, 0.3) is 0 Å². The van der Waals surface area contributed by atoms with E-state index in [1.54, 1.807) is 13.0 Å². The van der Waals surface area contributed by atoms with Crippen LogP contribution in [0.1, 0.15) is 36.2 Å². The number of carbonyl (C=O) groups is 1. The summed E-state index contributed by atoms with van der Waals surface area (Å²) in [6, 6.07) is 12.1. The second-order valence-corrected chi connectivity index (χ2v) is 7.22. The highest BCUT2D eigenvalue weighted by Crippen LogP contribution is 2.35. The molecule has 0 bridgehead atoms. The van der Waals surface area contributed by atoms with Crippen LogP contribution in [-0.2, 0) is 17.8 Å². The van der Waals surface area contributed by atoms with Gasteiger partial charge in [-0.3, -0.25) is 10.5 Å². The van der Waals surface area contributed by atoms with E-state index in [4.69, 9.17) is 5.73 Å². The molecular formula is C21H25N4O+. The summed E-state index contributed by atoms with van der Waals surface area (Å²) in [7, 11) is 0. The molecule has 2 N–H and O–H groups in total.